The van der Waals surface area contributed by atoms with Gasteiger partial charge in [0.15, 0.2) is 31.5 Å². The van der Waals surface area contributed by atoms with Crippen molar-refractivity contribution in [2.24, 2.45) is 0 Å². The van der Waals surface area contributed by atoms with E-state index in [4.69, 9.17) is 52.1 Å². The third-order valence-corrected chi connectivity index (χ3v) is 14.2. The molecule has 22 N–H and O–H groups in total. The van der Waals surface area contributed by atoms with Crippen LogP contribution in [-0.4, -0.2) is 349 Å². The van der Waals surface area contributed by atoms with Crippen molar-refractivity contribution in [3.8, 4) is 0 Å². The van der Waals surface area contributed by atoms with Gasteiger partial charge in [-0.05, 0) is 0 Å². The van der Waals surface area contributed by atoms with Gasteiger partial charge < -0.3 is 165 Å². The van der Waals surface area contributed by atoms with Crippen LogP contribution in [0.25, 0.3) is 0 Å². The number of carboxylic acid groups (broad SMARTS) is 1. The largest absolute Gasteiger partial charge is 0.477 e. The van der Waals surface area contributed by atoms with E-state index in [9.17, 15) is 117 Å². The highest BCUT2D eigenvalue weighted by atomic mass is 16.8. The zero-order valence-corrected chi connectivity index (χ0v) is 41.9. The van der Waals surface area contributed by atoms with Gasteiger partial charge in [0.1, 0.15) is 140 Å². The van der Waals surface area contributed by atoms with Gasteiger partial charge in [0, 0.05) is 20.3 Å². The summed E-state index contributed by atoms with van der Waals surface area (Å²) in [5, 5.41) is 219. The highest BCUT2D eigenvalue weighted by Gasteiger charge is 2.61. The molecular formula is C43H72N2O34. The minimum Gasteiger partial charge on any atom is -0.477 e. The van der Waals surface area contributed by atoms with Crippen LogP contribution in [0.5, 0.6) is 0 Å². The second kappa shape index (κ2) is 27.7. The Morgan fingerprint density at radius 1 is 0.494 bits per heavy atom. The molecule has 0 aliphatic carbocycles. The van der Waals surface area contributed by atoms with Crippen molar-refractivity contribution in [3.05, 3.63) is 0 Å². The Hall–Kier alpha value is -2.79. The number of aliphatic hydroxyl groups is 19. The predicted molar refractivity (Wildman–Crippen MR) is 240 cm³/mol. The maximum absolute atomic E-state index is 13.1. The lowest BCUT2D eigenvalue weighted by molar-refractivity contribution is -0.393. The lowest BCUT2D eigenvalue weighted by Crippen LogP contribution is -2.71. The Morgan fingerprint density at radius 2 is 0.886 bits per heavy atom. The van der Waals surface area contributed by atoms with Crippen molar-refractivity contribution < 1.29 is 169 Å². The summed E-state index contributed by atoms with van der Waals surface area (Å²) >= 11 is 0. The third kappa shape index (κ3) is 13.9. The molecule has 6 heterocycles. The predicted octanol–water partition coefficient (Wildman–Crippen LogP) is -14.6. The summed E-state index contributed by atoms with van der Waals surface area (Å²) in [6, 6.07) is -3.62. The number of carboxylic acids is 1. The average Bonchev–Trinajstić information content (AvgIpc) is 3.61. The maximum Gasteiger partial charge on any atom is 0.364 e. The van der Waals surface area contributed by atoms with Crippen molar-refractivity contribution in [2.45, 2.75) is 210 Å². The number of aliphatic carboxylic acids is 1. The SMILES string of the molecule is CC(=O)N[C@H]1[C@H](O[C@H]2[C@@H](O)[C@@H](CO)O[C@H](O[C@H]3[C@@H](O)[C@@H](CO)O[C@@H](O[C@H]4[C@H](O)[C@@H](O)[C@H](O)O[C@@H]4CO)[C@@H]3O)[C@@H]2O)O[C@H](CO)[C@H](O)[C@@H]1O[C@@H]1O[C@H](CO)[C@H](O)[C@H](O[C@]2(C(=O)O)C[C@H](O)[C@@H](NC(C)=O)[C@H]([C@H](O)[C@H](O)CO)O2)[C@H]1O. The van der Waals surface area contributed by atoms with Crippen LogP contribution in [0, 0.1) is 0 Å². The summed E-state index contributed by atoms with van der Waals surface area (Å²) in [5.41, 5.74) is 0. The first-order valence-electron chi connectivity index (χ1n) is 24.8. The first kappa shape index (κ1) is 65.4. The number of hydrogen-bond acceptors (Lipinski definition) is 33. The minimum atomic E-state index is -3.23. The molecule has 31 atom stereocenters. The van der Waals surface area contributed by atoms with Crippen LogP contribution in [-0.2, 0) is 66.5 Å². The van der Waals surface area contributed by atoms with Gasteiger partial charge in [0.05, 0.1) is 51.8 Å². The molecule has 2 amide bonds. The highest BCUT2D eigenvalue weighted by molar-refractivity contribution is 5.76. The second-order valence-corrected chi connectivity index (χ2v) is 19.7. The summed E-state index contributed by atoms with van der Waals surface area (Å²) in [5.74, 6) is -7.13. The fourth-order valence-electron chi connectivity index (χ4n) is 10.0. The van der Waals surface area contributed by atoms with Crippen molar-refractivity contribution in [3.63, 3.8) is 0 Å². The summed E-state index contributed by atoms with van der Waals surface area (Å²) < 4.78 is 62.2. The fraction of sp³-hybridized carbons (Fsp3) is 0.930. The first-order valence-corrected chi connectivity index (χ1v) is 24.8. The molecule has 79 heavy (non-hydrogen) atoms. The second-order valence-electron chi connectivity index (χ2n) is 19.7. The summed E-state index contributed by atoms with van der Waals surface area (Å²) in [6.07, 6.45) is -59.0. The Kier molecular flexibility index (Phi) is 22.9. The molecule has 36 heteroatoms. The van der Waals surface area contributed by atoms with Crippen LogP contribution in [0.4, 0.5) is 0 Å². The molecule has 6 aliphatic rings. The molecule has 0 saturated carbocycles. The summed E-state index contributed by atoms with van der Waals surface area (Å²) in [6.45, 7) is -4.56. The van der Waals surface area contributed by atoms with Crippen molar-refractivity contribution in [1.29, 1.82) is 0 Å². The molecule has 0 aromatic heterocycles. The van der Waals surface area contributed by atoms with Gasteiger partial charge in [-0.25, -0.2) is 4.79 Å². The number of rotatable bonds is 21. The molecule has 0 aromatic carbocycles. The summed E-state index contributed by atoms with van der Waals surface area (Å²) in [7, 11) is 0. The molecular weight excluding hydrogens is 1090 g/mol. The van der Waals surface area contributed by atoms with Crippen molar-refractivity contribution in [2.75, 3.05) is 39.6 Å². The minimum absolute atomic E-state index is 0.838. The maximum atomic E-state index is 13.1. The van der Waals surface area contributed by atoms with E-state index < -0.39 is 254 Å². The number of aliphatic hydroxyl groups excluding tert-OH is 19. The van der Waals surface area contributed by atoms with Crippen molar-refractivity contribution in [1.82, 2.24) is 10.6 Å². The average molecular weight is 1160 g/mol. The molecule has 6 aliphatic heterocycles. The van der Waals surface area contributed by atoms with E-state index in [0.717, 1.165) is 13.8 Å². The Labute approximate surface area is 446 Å². The van der Waals surface area contributed by atoms with Crippen LogP contribution in [0.2, 0.25) is 0 Å². The van der Waals surface area contributed by atoms with E-state index in [1.54, 1.807) is 0 Å². The van der Waals surface area contributed by atoms with Gasteiger partial charge in [-0.1, -0.05) is 0 Å². The standard InChI is InChI=1S/C43H72N2O34/c1-10(52)44-19-12(54)3-43(42(67)68,78-33(19)21(56)13(55)4-46)79-36-25(60)17(8-50)73-41(30(36)65)75-32-20(45-11(2)53)38(70-14(5-47)22(32)57)76-34-23(58)15(6-48)72-40(28(34)63)77-35-24(59)16(7-49)71-39(29(35)64)74-31-18(9-51)69-37(66)27(62)26(31)61/h12-41,46-51,54-66H,3-9H2,1-2H3,(H,44,52)(H,45,53)(H,67,68)/t12-,13+,14+,15+,16+,17+,18+,19+,20+,21+,22-,23-,24-,25-,26+,27+,28+,29+,30+,31+,32+,33+,34-,35-,36-,37+,38-,39-,40+,41-,43-/m0/s1. The fourth-order valence-corrected chi connectivity index (χ4v) is 10.0. The van der Waals surface area contributed by atoms with Crippen LogP contribution < -0.4 is 10.6 Å². The van der Waals surface area contributed by atoms with Gasteiger partial charge in [0.2, 0.25) is 11.8 Å². The Bertz CT molecular complexity index is 1970. The van der Waals surface area contributed by atoms with Gasteiger partial charge in [-0.3, -0.25) is 9.59 Å². The molecule has 6 saturated heterocycles. The van der Waals surface area contributed by atoms with E-state index in [-0.39, 0.29) is 0 Å². The van der Waals surface area contributed by atoms with E-state index in [1.165, 1.54) is 0 Å². The Balaban J connectivity index is 1.27. The number of carbonyl (C=O) groups is 3. The molecule has 6 rings (SSSR count). The number of amides is 2. The topological polar surface area (TPSA) is 581 Å². The van der Waals surface area contributed by atoms with Crippen molar-refractivity contribution >= 4 is 17.8 Å². The molecule has 6 fully saturated rings. The molecule has 0 bridgehead atoms. The number of hydrogen-bond donors (Lipinski definition) is 22. The number of ether oxygens (including phenoxy) is 11. The smallest absolute Gasteiger partial charge is 0.364 e. The van der Waals surface area contributed by atoms with Gasteiger partial charge in [0.25, 0.3) is 5.79 Å². The van der Waals surface area contributed by atoms with Gasteiger partial charge >= 0.3 is 5.97 Å². The molecule has 0 aromatic rings. The third-order valence-electron chi connectivity index (χ3n) is 14.2. The summed E-state index contributed by atoms with van der Waals surface area (Å²) in [4.78, 5) is 38.0. The highest BCUT2D eigenvalue weighted by Crippen LogP contribution is 2.40. The molecule has 0 spiro atoms. The van der Waals surface area contributed by atoms with Gasteiger partial charge in [-0.2, -0.15) is 0 Å². The number of nitrogens with one attached hydrogen (secondary N) is 2. The monoisotopic (exact) mass is 1160 g/mol. The van der Waals surface area contributed by atoms with Crippen LogP contribution in [0.15, 0.2) is 0 Å². The zero-order valence-electron chi connectivity index (χ0n) is 41.9. The quantitative estimate of drug-likeness (QED) is 0.0507. The normalized spacial score (nSPS) is 47.7. The van der Waals surface area contributed by atoms with Gasteiger partial charge in [-0.15, -0.1) is 0 Å². The molecule has 458 valence electrons. The van der Waals surface area contributed by atoms with Crippen LogP contribution >= 0.6 is 0 Å². The Morgan fingerprint density at radius 3 is 1.33 bits per heavy atom. The first-order chi connectivity index (χ1) is 37.2. The van der Waals surface area contributed by atoms with E-state index >= 15 is 0 Å². The number of carbonyl (C=O) groups excluding carboxylic acids is 2. The lowest BCUT2D eigenvalue weighted by Gasteiger charge is -2.51. The van der Waals surface area contributed by atoms with E-state index in [2.05, 4.69) is 10.6 Å². The van der Waals surface area contributed by atoms with Crippen LogP contribution in [0.1, 0.15) is 20.3 Å². The van der Waals surface area contributed by atoms with Crippen LogP contribution in [0.3, 0.4) is 0 Å². The molecule has 36 nitrogen and oxygen atoms in total. The molecule has 0 unspecified atom stereocenters. The zero-order chi connectivity index (χ0) is 58.7. The van der Waals surface area contributed by atoms with E-state index in [0.29, 0.717) is 0 Å². The van der Waals surface area contributed by atoms with E-state index in [1.807, 2.05) is 0 Å². The lowest BCUT2D eigenvalue weighted by atomic mass is 9.88. The molecule has 0 radical (unpaired) electrons.